The number of nitrogens with one attached hydrogen (secondary N) is 1. The molecule has 1 aliphatic heterocycles. The second-order valence-corrected chi connectivity index (χ2v) is 7.01. The number of nitrogens with zero attached hydrogens (tertiary/aromatic N) is 3. The lowest BCUT2D eigenvalue weighted by Crippen LogP contribution is -2.25. The van der Waals surface area contributed by atoms with Crippen LogP contribution in [0.4, 0.5) is 5.82 Å². The number of benzene rings is 1. The van der Waals surface area contributed by atoms with E-state index in [0.717, 1.165) is 54.3 Å². The van der Waals surface area contributed by atoms with Gasteiger partial charge in [-0.25, -0.2) is 9.50 Å². The summed E-state index contributed by atoms with van der Waals surface area (Å²) in [5.41, 5.74) is 3.09. The van der Waals surface area contributed by atoms with E-state index in [4.69, 9.17) is 14.2 Å². The summed E-state index contributed by atoms with van der Waals surface area (Å²) < 4.78 is 18.9. The van der Waals surface area contributed by atoms with Crippen LogP contribution >= 0.6 is 0 Å². The van der Waals surface area contributed by atoms with Gasteiger partial charge in [0.25, 0.3) is 0 Å². The van der Waals surface area contributed by atoms with Crippen molar-refractivity contribution in [2.45, 2.75) is 31.9 Å². The number of ether oxygens (including phenoxy) is 3. The standard InChI is InChI=1S/C21H26N4O3/c1-15-19(28-17-8-10-27-11-9-17)12-25-20(15)21(22-14-23-25)24-18(13-26-2)16-6-4-3-5-7-16/h3-7,12,14,17-18H,8-11,13H2,1-2H3,(H,22,23,24). The van der Waals surface area contributed by atoms with Gasteiger partial charge < -0.3 is 19.5 Å². The molecule has 1 N–H and O–H groups in total. The zero-order valence-electron chi connectivity index (χ0n) is 16.3. The van der Waals surface area contributed by atoms with E-state index in [1.165, 1.54) is 0 Å². The molecule has 2 aromatic heterocycles. The maximum Gasteiger partial charge on any atom is 0.154 e. The highest BCUT2D eigenvalue weighted by Gasteiger charge is 2.21. The molecule has 0 spiro atoms. The number of anilines is 1. The number of hydrogen-bond acceptors (Lipinski definition) is 6. The van der Waals surface area contributed by atoms with Gasteiger partial charge in [0.2, 0.25) is 0 Å². The van der Waals surface area contributed by atoms with Gasteiger partial charge in [-0.1, -0.05) is 30.3 Å². The smallest absolute Gasteiger partial charge is 0.154 e. The summed E-state index contributed by atoms with van der Waals surface area (Å²) in [4.78, 5) is 4.50. The van der Waals surface area contributed by atoms with Gasteiger partial charge >= 0.3 is 0 Å². The number of aromatic nitrogens is 3. The third kappa shape index (κ3) is 3.95. The summed E-state index contributed by atoms with van der Waals surface area (Å²) in [6.07, 6.45) is 5.49. The zero-order valence-corrected chi connectivity index (χ0v) is 16.3. The lowest BCUT2D eigenvalue weighted by atomic mass is 10.1. The Morgan fingerprint density at radius 2 is 2.04 bits per heavy atom. The normalized spacial score (nSPS) is 16.2. The molecule has 1 unspecified atom stereocenters. The van der Waals surface area contributed by atoms with Crippen LogP contribution in [0.5, 0.6) is 5.75 Å². The Morgan fingerprint density at radius 3 is 2.79 bits per heavy atom. The van der Waals surface area contributed by atoms with Crippen LogP contribution in [-0.2, 0) is 9.47 Å². The highest BCUT2D eigenvalue weighted by Crippen LogP contribution is 2.31. The van der Waals surface area contributed by atoms with Crippen LogP contribution in [0.15, 0.2) is 42.9 Å². The fraction of sp³-hybridized carbons (Fsp3) is 0.429. The number of hydrogen-bond donors (Lipinski definition) is 1. The molecule has 0 radical (unpaired) electrons. The molecule has 1 aliphatic rings. The first-order valence-corrected chi connectivity index (χ1v) is 9.64. The van der Waals surface area contributed by atoms with Gasteiger partial charge in [0.1, 0.15) is 23.7 Å². The van der Waals surface area contributed by atoms with E-state index >= 15 is 0 Å². The second kappa shape index (κ2) is 8.58. The summed E-state index contributed by atoms with van der Waals surface area (Å²) in [5.74, 6) is 1.61. The molecule has 1 atom stereocenters. The first kappa shape index (κ1) is 18.7. The molecule has 0 aliphatic carbocycles. The monoisotopic (exact) mass is 382 g/mol. The summed E-state index contributed by atoms with van der Waals surface area (Å²) in [7, 11) is 1.70. The fourth-order valence-electron chi connectivity index (χ4n) is 3.57. The molecule has 3 heterocycles. The molecule has 0 bridgehead atoms. The molecule has 1 fully saturated rings. The largest absolute Gasteiger partial charge is 0.488 e. The third-order valence-electron chi connectivity index (χ3n) is 5.09. The Kier molecular flexibility index (Phi) is 5.73. The Hall–Kier alpha value is -2.64. The number of aryl methyl sites for hydroxylation is 1. The number of methoxy groups -OCH3 is 1. The molecule has 1 saturated heterocycles. The summed E-state index contributed by atoms with van der Waals surface area (Å²) >= 11 is 0. The van der Waals surface area contributed by atoms with E-state index < -0.39 is 0 Å². The number of rotatable bonds is 7. The van der Waals surface area contributed by atoms with Crippen molar-refractivity contribution in [3.63, 3.8) is 0 Å². The predicted molar refractivity (Wildman–Crippen MR) is 107 cm³/mol. The van der Waals surface area contributed by atoms with Gasteiger partial charge in [0.15, 0.2) is 5.82 Å². The fourth-order valence-corrected chi connectivity index (χ4v) is 3.57. The van der Waals surface area contributed by atoms with E-state index in [-0.39, 0.29) is 12.1 Å². The average Bonchev–Trinajstić information content (AvgIpc) is 3.05. The molecular formula is C21H26N4O3. The first-order valence-electron chi connectivity index (χ1n) is 9.64. The van der Waals surface area contributed by atoms with Crippen molar-refractivity contribution >= 4 is 11.3 Å². The Bertz CT molecular complexity index is 907. The zero-order chi connectivity index (χ0) is 19.3. The Balaban J connectivity index is 1.63. The minimum absolute atomic E-state index is 0.0148. The summed E-state index contributed by atoms with van der Waals surface area (Å²) in [5, 5.41) is 7.90. The molecule has 7 heteroatoms. The van der Waals surface area contributed by atoms with Crippen molar-refractivity contribution in [3.8, 4) is 5.75 Å². The quantitative estimate of drug-likeness (QED) is 0.675. The summed E-state index contributed by atoms with van der Waals surface area (Å²) in [6.45, 7) is 4.08. The second-order valence-electron chi connectivity index (χ2n) is 7.01. The third-order valence-corrected chi connectivity index (χ3v) is 5.09. The van der Waals surface area contributed by atoms with Crippen molar-refractivity contribution in [1.29, 1.82) is 0 Å². The topological polar surface area (TPSA) is 69.9 Å². The maximum atomic E-state index is 6.24. The average molecular weight is 382 g/mol. The van der Waals surface area contributed by atoms with E-state index in [2.05, 4.69) is 27.5 Å². The van der Waals surface area contributed by atoms with E-state index in [1.807, 2.05) is 35.8 Å². The molecular weight excluding hydrogens is 356 g/mol. The lowest BCUT2D eigenvalue weighted by Gasteiger charge is -2.23. The molecule has 0 saturated carbocycles. The molecule has 28 heavy (non-hydrogen) atoms. The molecule has 148 valence electrons. The van der Waals surface area contributed by atoms with Crippen LogP contribution in [0.3, 0.4) is 0 Å². The van der Waals surface area contributed by atoms with E-state index in [1.54, 1.807) is 13.4 Å². The van der Waals surface area contributed by atoms with Crippen LogP contribution in [0.25, 0.3) is 5.52 Å². The lowest BCUT2D eigenvalue weighted by molar-refractivity contribution is 0.0253. The maximum absolute atomic E-state index is 6.24. The minimum atomic E-state index is -0.0148. The van der Waals surface area contributed by atoms with Crippen LogP contribution in [0.2, 0.25) is 0 Å². The van der Waals surface area contributed by atoms with Crippen molar-refractivity contribution in [3.05, 3.63) is 54.0 Å². The Morgan fingerprint density at radius 1 is 1.25 bits per heavy atom. The van der Waals surface area contributed by atoms with Gasteiger partial charge in [-0.3, -0.25) is 0 Å². The van der Waals surface area contributed by atoms with Gasteiger partial charge in [0.05, 0.1) is 32.1 Å². The summed E-state index contributed by atoms with van der Waals surface area (Å²) in [6, 6.07) is 10.2. The van der Waals surface area contributed by atoms with E-state index in [0.29, 0.717) is 6.61 Å². The molecule has 1 aromatic carbocycles. The Labute approximate surface area is 164 Å². The van der Waals surface area contributed by atoms with Gasteiger partial charge in [-0.05, 0) is 12.5 Å². The predicted octanol–water partition coefficient (Wildman–Crippen LogP) is 3.40. The molecule has 7 nitrogen and oxygen atoms in total. The van der Waals surface area contributed by atoms with Crippen LogP contribution in [-0.4, -0.2) is 47.6 Å². The molecule has 3 aromatic rings. The SMILES string of the molecule is COCC(Nc1ncnn2cc(OC3CCOCC3)c(C)c12)c1ccccc1. The molecule has 4 rings (SSSR count). The van der Waals surface area contributed by atoms with Crippen LogP contribution < -0.4 is 10.1 Å². The van der Waals surface area contributed by atoms with Gasteiger partial charge in [-0.15, -0.1) is 0 Å². The van der Waals surface area contributed by atoms with Gasteiger partial charge in [0, 0.05) is 25.5 Å². The highest BCUT2D eigenvalue weighted by molar-refractivity contribution is 5.75. The van der Waals surface area contributed by atoms with Crippen molar-refractivity contribution in [2.75, 3.05) is 32.2 Å². The van der Waals surface area contributed by atoms with Crippen molar-refractivity contribution in [1.82, 2.24) is 14.6 Å². The number of fused-ring (bicyclic) bond motifs is 1. The van der Waals surface area contributed by atoms with Crippen molar-refractivity contribution < 1.29 is 14.2 Å². The molecule has 0 amide bonds. The van der Waals surface area contributed by atoms with Crippen molar-refractivity contribution in [2.24, 2.45) is 0 Å². The van der Waals surface area contributed by atoms with Gasteiger partial charge in [-0.2, -0.15) is 5.10 Å². The van der Waals surface area contributed by atoms with Crippen LogP contribution in [0, 0.1) is 6.92 Å². The highest BCUT2D eigenvalue weighted by atomic mass is 16.5. The minimum Gasteiger partial charge on any atom is -0.488 e. The van der Waals surface area contributed by atoms with Crippen LogP contribution in [0.1, 0.15) is 30.0 Å². The van der Waals surface area contributed by atoms with E-state index in [9.17, 15) is 0 Å². The first-order chi connectivity index (χ1) is 13.8.